The molecule has 1 aliphatic heterocycles. The molecular weight excluding hydrogens is 300 g/mol. The molecule has 0 aliphatic carbocycles. The molecule has 3 heteroatoms. The van der Waals surface area contributed by atoms with Crippen LogP contribution in [0.4, 0.5) is 0 Å². The first-order valence-electron chi connectivity index (χ1n) is 6.73. The Morgan fingerprint density at radius 1 is 1.32 bits per heavy atom. The number of hydrogen-bond donors (Lipinski definition) is 0. The Hall–Kier alpha value is -0.850. The van der Waals surface area contributed by atoms with Gasteiger partial charge in [0.15, 0.2) is 0 Å². The Kier molecular flexibility index (Phi) is 4.03. The molecule has 2 atom stereocenters. The first-order valence-corrected chi connectivity index (χ1v) is 7.53. The van der Waals surface area contributed by atoms with E-state index in [1.54, 1.807) is 0 Å². The highest BCUT2D eigenvalue weighted by Gasteiger charge is 2.38. The van der Waals surface area contributed by atoms with Crippen molar-refractivity contribution in [3.8, 4) is 6.07 Å². The smallest absolute Gasteiger partial charge is 0.0676 e. The molecule has 0 radical (unpaired) electrons. The lowest BCUT2D eigenvalue weighted by atomic mass is 9.89. The van der Waals surface area contributed by atoms with Crippen molar-refractivity contribution in [1.29, 1.82) is 5.26 Å². The summed E-state index contributed by atoms with van der Waals surface area (Å²) in [6.45, 7) is 10.6. The molecule has 19 heavy (non-hydrogen) atoms. The average Bonchev–Trinajstić information content (AvgIpc) is 2.76. The first kappa shape index (κ1) is 14.6. The fourth-order valence-corrected chi connectivity index (χ4v) is 2.97. The van der Waals surface area contributed by atoms with E-state index in [1.165, 1.54) is 11.1 Å². The molecule has 1 aromatic rings. The summed E-state index contributed by atoms with van der Waals surface area (Å²) in [6.07, 6.45) is 0. The van der Waals surface area contributed by atoms with Crippen molar-refractivity contribution in [3.63, 3.8) is 0 Å². The van der Waals surface area contributed by atoms with E-state index in [0.29, 0.717) is 5.92 Å². The van der Waals surface area contributed by atoms with E-state index in [0.717, 1.165) is 17.6 Å². The van der Waals surface area contributed by atoms with E-state index in [4.69, 9.17) is 0 Å². The molecular formula is C16H21BrN2. The number of nitriles is 1. The molecule has 2 nitrogen and oxygen atoms in total. The molecule has 0 bridgehead atoms. The lowest BCUT2D eigenvalue weighted by Gasteiger charge is -2.31. The lowest BCUT2D eigenvalue weighted by Crippen LogP contribution is -2.39. The van der Waals surface area contributed by atoms with E-state index >= 15 is 0 Å². The number of likely N-dealkylation sites (tertiary alicyclic amines) is 1. The van der Waals surface area contributed by atoms with Gasteiger partial charge < -0.3 is 0 Å². The predicted molar refractivity (Wildman–Crippen MR) is 82.0 cm³/mol. The summed E-state index contributed by atoms with van der Waals surface area (Å²) in [5.41, 5.74) is 2.66. The Morgan fingerprint density at radius 3 is 2.53 bits per heavy atom. The third-order valence-corrected chi connectivity index (χ3v) is 4.93. The third kappa shape index (κ3) is 3.01. The maximum atomic E-state index is 9.42. The molecule has 0 amide bonds. The second-order valence-corrected chi connectivity index (χ2v) is 7.28. The minimum atomic E-state index is 0.0970. The molecule has 1 aliphatic rings. The van der Waals surface area contributed by atoms with Crippen molar-refractivity contribution in [3.05, 3.63) is 33.8 Å². The van der Waals surface area contributed by atoms with Crippen molar-refractivity contribution < 1.29 is 0 Å². The first-order chi connectivity index (χ1) is 8.82. The summed E-state index contributed by atoms with van der Waals surface area (Å²) < 4.78 is 1.13. The van der Waals surface area contributed by atoms with Crippen molar-refractivity contribution in [2.75, 3.05) is 13.1 Å². The summed E-state index contributed by atoms with van der Waals surface area (Å²) >= 11 is 3.54. The number of hydrogen-bond acceptors (Lipinski definition) is 2. The molecule has 2 rings (SSSR count). The van der Waals surface area contributed by atoms with E-state index in [2.05, 4.69) is 72.8 Å². The number of benzene rings is 1. The van der Waals surface area contributed by atoms with E-state index in [9.17, 15) is 5.26 Å². The Labute approximate surface area is 124 Å². The fourth-order valence-electron chi connectivity index (χ4n) is 2.72. The van der Waals surface area contributed by atoms with Crippen LogP contribution in [0.25, 0.3) is 0 Å². The van der Waals surface area contributed by atoms with Crippen LogP contribution in [0.5, 0.6) is 0 Å². The zero-order chi connectivity index (χ0) is 14.2. The molecule has 0 spiro atoms. The minimum absolute atomic E-state index is 0.0970. The van der Waals surface area contributed by atoms with Gasteiger partial charge in [0, 0.05) is 29.0 Å². The van der Waals surface area contributed by atoms with Gasteiger partial charge >= 0.3 is 0 Å². The van der Waals surface area contributed by atoms with Crippen LogP contribution in [0.1, 0.15) is 37.8 Å². The summed E-state index contributed by atoms with van der Waals surface area (Å²) in [5.74, 6) is 0.427. The maximum absolute atomic E-state index is 9.42. The van der Waals surface area contributed by atoms with Crippen LogP contribution >= 0.6 is 15.9 Å². The van der Waals surface area contributed by atoms with Crippen LogP contribution in [-0.4, -0.2) is 23.5 Å². The number of nitrogens with zero attached hydrogens (tertiary/aromatic N) is 2. The Morgan fingerprint density at radius 2 is 2.00 bits per heavy atom. The van der Waals surface area contributed by atoms with Gasteiger partial charge in [0.25, 0.3) is 0 Å². The molecule has 0 saturated carbocycles. The topological polar surface area (TPSA) is 27.0 Å². The number of rotatable bonds is 1. The number of halogens is 1. The van der Waals surface area contributed by atoms with E-state index in [-0.39, 0.29) is 11.5 Å². The van der Waals surface area contributed by atoms with Gasteiger partial charge in [-0.25, -0.2) is 0 Å². The van der Waals surface area contributed by atoms with Crippen LogP contribution in [0.2, 0.25) is 0 Å². The Bertz CT molecular complexity index is 510. The van der Waals surface area contributed by atoms with Crippen molar-refractivity contribution in [2.45, 2.75) is 39.2 Å². The van der Waals surface area contributed by atoms with Crippen LogP contribution in [0, 0.1) is 24.2 Å². The van der Waals surface area contributed by atoms with Gasteiger partial charge in [-0.05, 0) is 44.9 Å². The predicted octanol–water partition coefficient (Wildman–Crippen LogP) is 4.10. The van der Waals surface area contributed by atoms with Crippen molar-refractivity contribution in [1.82, 2.24) is 4.90 Å². The lowest BCUT2D eigenvalue weighted by molar-refractivity contribution is 0.170. The molecule has 0 unspecified atom stereocenters. The van der Waals surface area contributed by atoms with E-state index < -0.39 is 0 Å². The molecule has 0 N–H and O–H groups in total. The second kappa shape index (κ2) is 5.26. The van der Waals surface area contributed by atoms with Crippen LogP contribution in [0.3, 0.4) is 0 Å². The van der Waals surface area contributed by atoms with Gasteiger partial charge in [0.05, 0.1) is 12.0 Å². The third-order valence-electron chi connectivity index (χ3n) is 4.04. The SMILES string of the molecule is Cc1cc([C@H]2CN(C(C)(C)C)C[C@@H]2C#N)ccc1Br. The zero-order valence-electron chi connectivity index (χ0n) is 12.1. The molecule has 102 valence electrons. The van der Waals surface area contributed by atoms with Gasteiger partial charge in [0.2, 0.25) is 0 Å². The van der Waals surface area contributed by atoms with Gasteiger partial charge in [-0.15, -0.1) is 0 Å². The fraction of sp³-hybridized carbons (Fsp3) is 0.562. The molecule has 1 aromatic carbocycles. The van der Waals surface area contributed by atoms with Gasteiger partial charge in [-0.2, -0.15) is 5.26 Å². The van der Waals surface area contributed by atoms with Gasteiger partial charge in [0.1, 0.15) is 0 Å². The molecule has 1 fully saturated rings. The molecule has 0 aromatic heterocycles. The van der Waals surface area contributed by atoms with Crippen LogP contribution in [-0.2, 0) is 0 Å². The highest BCUT2D eigenvalue weighted by molar-refractivity contribution is 9.10. The average molecular weight is 321 g/mol. The largest absolute Gasteiger partial charge is 0.297 e. The quantitative estimate of drug-likeness (QED) is 0.779. The van der Waals surface area contributed by atoms with Crippen LogP contribution in [0.15, 0.2) is 22.7 Å². The summed E-state index contributed by atoms with van der Waals surface area (Å²) in [6, 6.07) is 8.96. The van der Waals surface area contributed by atoms with E-state index in [1.807, 2.05) is 0 Å². The summed E-state index contributed by atoms with van der Waals surface area (Å²) in [7, 11) is 0. The maximum Gasteiger partial charge on any atom is 0.0676 e. The highest BCUT2D eigenvalue weighted by atomic mass is 79.9. The van der Waals surface area contributed by atoms with Gasteiger partial charge in [-0.1, -0.05) is 28.1 Å². The Balaban J connectivity index is 2.28. The monoisotopic (exact) mass is 320 g/mol. The summed E-state index contributed by atoms with van der Waals surface area (Å²) in [5, 5.41) is 9.42. The van der Waals surface area contributed by atoms with Crippen LogP contribution < -0.4 is 0 Å². The second-order valence-electron chi connectivity index (χ2n) is 6.43. The highest BCUT2D eigenvalue weighted by Crippen LogP contribution is 2.36. The van der Waals surface area contributed by atoms with Crippen molar-refractivity contribution >= 4 is 15.9 Å². The van der Waals surface area contributed by atoms with Crippen molar-refractivity contribution in [2.24, 2.45) is 5.92 Å². The zero-order valence-corrected chi connectivity index (χ0v) is 13.7. The number of aryl methyl sites for hydroxylation is 1. The molecule has 1 heterocycles. The van der Waals surface area contributed by atoms with Gasteiger partial charge in [-0.3, -0.25) is 4.90 Å². The molecule has 1 saturated heterocycles. The standard InChI is InChI=1S/C16H21BrN2/c1-11-7-12(5-6-15(11)17)14-10-19(16(2,3)4)9-13(14)8-18/h5-7,13-14H,9-10H2,1-4H3/t13-,14+/m0/s1. The summed E-state index contributed by atoms with van der Waals surface area (Å²) in [4.78, 5) is 2.42. The normalized spacial score (nSPS) is 24.4. The minimum Gasteiger partial charge on any atom is -0.297 e.